The third kappa shape index (κ3) is 5.75. The van der Waals surface area contributed by atoms with Crippen LogP contribution < -0.4 is 10.6 Å². The summed E-state index contributed by atoms with van der Waals surface area (Å²) >= 11 is 13.3. The van der Waals surface area contributed by atoms with Gasteiger partial charge in [-0.1, -0.05) is 53.2 Å². The van der Waals surface area contributed by atoms with E-state index in [9.17, 15) is 9.59 Å². The summed E-state index contributed by atoms with van der Waals surface area (Å²) in [5, 5.41) is 14.9. The number of thioether (sulfide) groups is 1. The van der Waals surface area contributed by atoms with Crippen molar-refractivity contribution >= 4 is 58.2 Å². The minimum atomic E-state index is -0.302. The molecule has 2 aromatic carbocycles. The molecule has 0 fully saturated rings. The molecule has 0 aliphatic carbocycles. The molecule has 0 saturated heterocycles. The monoisotopic (exact) mass is 463 g/mol. The van der Waals surface area contributed by atoms with Crippen LogP contribution in [0.4, 0.5) is 11.4 Å². The number of hydrogen-bond acceptors (Lipinski definition) is 5. The summed E-state index contributed by atoms with van der Waals surface area (Å²) in [6.07, 6.45) is 0.00237. The van der Waals surface area contributed by atoms with E-state index in [2.05, 4.69) is 20.8 Å². The Hall–Kier alpha value is -2.55. The van der Waals surface area contributed by atoms with Crippen molar-refractivity contribution in [2.75, 3.05) is 16.4 Å². The molecular formula is C20H19Cl2N5O2S. The van der Waals surface area contributed by atoms with E-state index >= 15 is 0 Å². The van der Waals surface area contributed by atoms with Crippen LogP contribution in [0.15, 0.2) is 47.6 Å². The van der Waals surface area contributed by atoms with Gasteiger partial charge < -0.3 is 15.2 Å². The SMILES string of the molecule is Cc1cccc(NC(=O)CSc2nnc(CC(=O)Nc3cccc(Cl)c3Cl)n2C)c1. The van der Waals surface area contributed by atoms with E-state index in [1.54, 1.807) is 29.8 Å². The van der Waals surface area contributed by atoms with E-state index in [-0.39, 0.29) is 29.0 Å². The number of anilines is 2. The fourth-order valence-corrected chi connectivity index (χ4v) is 3.69. The number of nitrogens with one attached hydrogen (secondary N) is 2. The lowest BCUT2D eigenvalue weighted by atomic mass is 10.2. The summed E-state index contributed by atoms with van der Waals surface area (Å²) in [7, 11) is 1.75. The highest BCUT2D eigenvalue weighted by molar-refractivity contribution is 7.99. The number of carbonyl (C=O) groups is 2. The molecule has 156 valence electrons. The molecule has 0 saturated carbocycles. The molecule has 1 aromatic heterocycles. The third-order valence-electron chi connectivity index (χ3n) is 4.10. The van der Waals surface area contributed by atoms with Gasteiger partial charge in [0.15, 0.2) is 5.16 Å². The van der Waals surface area contributed by atoms with Gasteiger partial charge in [-0.15, -0.1) is 10.2 Å². The highest BCUT2D eigenvalue weighted by Crippen LogP contribution is 2.29. The second kappa shape index (κ2) is 9.97. The maximum absolute atomic E-state index is 12.3. The number of rotatable bonds is 7. The molecule has 0 unspecified atom stereocenters. The largest absolute Gasteiger partial charge is 0.325 e. The minimum absolute atomic E-state index is 0.00237. The van der Waals surface area contributed by atoms with Crippen molar-refractivity contribution in [3.05, 3.63) is 63.9 Å². The van der Waals surface area contributed by atoms with Crippen LogP contribution in [0.3, 0.4) is 0 Å². The molecule has 0 aliphatic rings. The summed E-state index contributed by atoms with van der Waals surface area (Å²) in [5.41, 5.74) is 2.24. The van der Waals surface area contributed by atoms with Crippen molar-refractivity contribution in [1.82, 2.24) is 14.8 Å². The van der Waals surface area contributed by atoms with Gasteiger partial charge in [-0.25, -0.2) is 0 Å². The van der Waals surface area contributed by atoms with Gasteiger partial charge in [0.1, 0.15) is 5.82 Å². The number of carbonyl (C=O) groups excluding carboxylic acids is 2. The molecule has 0 atom stereocenters. The van der Waals surface area contributed by atoms with E-state index < -0.39 is 0 Å². The Kier molecular flexibility index (Phi) is 7.36. The molecule has 3 rings (SSSR count). The van der Waals surface area contributed by atoms with Gasteiger partial charge in [-0.2, -0.15) is 0 Å². The summed E-state index contributed by atoms with van der Waals surface area (Å²) in [6.45, 7) is 1.96. The van der Waals surface area contributed by atoms with Gasteiger partial charge in [0.2, 0.25) is 11.8 Å². The summed E-state index contributed by atoms with van der Waals surface area (Å²) in [5.74, 6) is 0.184. The predicted octanol–water partition coefficient (Wildman–Crippen LogP) is 4.34. The van der Waals surface area contributed by atoms with Crippen molar-refractivity contribution in [3.63, 3.8) is 0 Å². The molecule has 2 N–H and O–H groups in total. The first kappa shape index (κ1) is 22.1. The van der Waals surface area contributed by atoms with Crippen LogP contribution in [0.5, 0.6) is 0 Å². The van der Waals surface area contributed by atoms with Crippen molar-refractivity contribution in [3.8, 4) is 0 Å². The van der Waals surface area contributed by atoms with Crippen LogP contribution in [-0.4, -0.2) is 32.3 Å². The normalized spacial score (nSPS) is 10.7. The van der Waals surface area contributed by atoms with Gasteiger partial charge in [-0.3, -0.25) is 9.59 Å². The second-order valence-electron chi connectivity index (χ2n) is 6.49. The average molecular weight is 464 g/mol. The Labute approximate surface area is 188 Å². The Balaban J connectivity index is 1.55. The highest BCUT2D eigenvalue weighted by atomic mass is 35.5. The number of halogens is 2. The van der Waals surface area contributed by atoms with E-state index in [4.69, 9.17) is 23.2 Å². The summed E-state index contributed by atoms with van der Waals surface area (Å²) < 4.78 is 1.68. The van der Waals surface area contributed by atoms with E-state index in [0.717, 1.165) is 11.3 Å². The first-order chi connectivity index (χ1) is 14.3. The van der Waals surface area contributed by atoms with E-state index in [1.807, 2.05) is 31.2 Å². The first-order valence-corrected chi connectivity index (χ1v) is 10.7. The zero-order chi connectivity index (χ0) is 21.7. The van der Waals surface area contributed by atoms with Gasteiger partial charge in [0.25, 0.3) is 0 Å². The van der Waals surface area contributed by atoms with Crippen molar-refractivity contribution < 1.29 is 9.59 Å². The lowest BCUT2D eigenvalue weighted by molar-refractivity contribution is -0.116. The smallest absolute Gasteiger partial charge is 0.234 e. The van der Waals surface area contributed by atoms with Crippen molar-refractivity contribution in [1.29, 1.82) is 0 Å². The van der Waals surface area contributed by atoms with Crippen molar-refractivity contribution in [2.24, 2.45) is 7.05 Å². The van der Waals surface area contributed by atoms with Crippen LogP contribution in [0.25, 0.3) is 0 Å². The lowest BCUT2D eigenvalue weighted by Crippen LogP contribution is -2.17. The number of benzene rings is 2. The number of amides is 2. The Bertz CT molecular complexity index is 1090. The maximum Gasteiger partial charge on any atom is 0.234 e. The molecule has 10 heteroatoms. The number of hydrogen-bond donors (Lipinski definition) is 2. The lowest BCUT2D eigenvalue weighted by Gasteiger charge is -2.08. The summed E-state index contributed by atoms with van der Waals surface area (Å²) in [4.78, 5) is 24.5. The second-order valence-corrected chi connectivity index (χ2v) is 8.22. The minimum Gasteiger partial charge on any atom is -0.325 e. The van der Waals surface area contributed by atoms with Crippen LogP contribution >= 0.6 is 35.0 Å². The van der Waals surface area contributed by atoms with Crippen molar-refractivity contribution in [2.45, 2.75) is 18.5 Å². The number of aryl methyl sites for hydroxylation is 1. The molecule has 0 aliphatic heterocycles. The quantitative estimate of drug-likeness (QED) is 0.508. The van der Waals surface area contributed by atoms with Gasteiger partial charge in [-0.05, 0) is 36.8 Å². The van der Waals surface area contributed by atoms with Gasteiger partial charge in [0.05, 0.1) is 27.9 Å². The topological polar surface area (TPSA) is 88.9 Å². The predicted molar refractivity (Wildman–Crippen MR) is 120 cm³/mol. The molecule has 0 spiro atoms. The summed E-state index contributed by atoms with van der Waals surface area (Å²) in [6, 6.07) is 12.6. The Morgan fingerprint density at radius 3 is 2.60 bits per heavy atom. The maximum atomic E-state index is 12.3. The molecule has 0 radical (unpaired) electrons. The van der Waals surface area contributed by atoms with Crippen LogP contribution in [0, 0.1) is 6.92 Å². The molecular weight excluding hydrogens is 445 g/mol. The molecule has 2 amide bonds. The molecule has 30 heavy (non-hydrogen) atoms. The number of nitrogens with zero attached hydrogens (tertiary/aromatic N) is 3. The fourth-order valence-electron chi connectivity index (χ4n) is 2.61. The molecule has 1 heterocycles. The zero-order valence-corrected chi connectivity index (χ0v) is 18.6. The zero-order valence-electron chi connectivity index (χ0n) is 16.3. The van der Waals surface area contributed by atoms with Gasteiger partial charge >= 0.3 is 0 Å². The molecule has 7 nitrogen and oxygen atoms in total. The molecule has 3 aromatic rings. The average Bonchev–Trinajstić information content (AvgIpc) is 3.03. The third-order valence-corrected chi connectivity index (χ3v) is 5.94. The Morgan fingerprint density at radius 2 is 1.83 bits per heavy atom. The van der Waals surface area contributed by atoms with E-state index in [1.165, 1.54) is 11.8 Å². The fraction of sp³-hybridized carbons (Fsp3) is 0.200. The van der Waals surface area contributed by atoms with Crippen LogP contribution in [0.1, 0.15) is 11.4 Å². The standard InChI is InChI=1S/C20H19Cl2N5O2S/c1-12-5-3-6-13(9-12)23-18(29)11-30-20-26-25-16(27(20)2)10-17(28)24-15-8-4-7-14(21)19(15)22/h3-9H,10-11H2,1-2H3,(H,23,29)(H,24,28). The Morgan fingerprint density at radius 1 is 1.07 bits per heavy atom. The first-order valence-electron chi connectivity index (χ1n) is 8.95. The van der Waals surface area contributed by atoms with Crippen LogP contribution in [-0.2, 0) is 23.1 Å². The van der Waals surface area contributed by atoms with E-state index in [0.29, 0.717) is 21.7 Å². The van der Waals surface area contributed by atoms with Crippen LogP contribution in [0.2, 0.25) is 10.0 Å². The molecule has 0 bridgehead atoms. The highest BCUT2D eigenvalue weighted by Gasteiger charge is 2.16. The number of aromatic nitrogens is 3. The van der Waals surface area contributed by atoms with Gasteiger partial charge in [0, 0.05) is 12.7 Å².